The highest BCUT2D eigenvalue weighted by molar-refractivity contribution is 7.88. The Morgan fingerprint density at radius 1 is 1.30 bits per heavy atom. The number of sulfonamides is 1. The molecule has 1 aromatic heterocycles. The van der Waals surface area contributed by atoms with Gasteiger partial charge in [-0.2, -0.15) is 0 Å². The Morgan fingerprint density at radius 3 is 2.61 bits per heavy atom. The molecule has 0 aromatic carbocycles. The van der Waals surface area contributed by atoms with Crippen molar-refractivity contribution in [3.63, 3.8) is 0 Å². The lowest BCUT2D eigenvalue weighted by Crippen LogP contribution is -2.61. The second kappa shape index (κ2) is 5.61. The Kier molecular flexibility index (Phi) is 4.02. The maximum Gasteiger partial charge on any atom is 0.270 e. The van der Waals surface area contributed by atoms with Crippen LogP contribution in [0.3, 0.4) is 0 Å². The number of rotatable bonds is 2. The predicted octanol–water partition coefficient (Wildman–Crippen LogP) is -0.116. The minimum absolute atomic E-state index is 0.0731. The van der Waals surface area contributed by atoms with Gasteiger partial charge in [-0.15, -0.1) is 0 Å². The smallest absolute Gasteiger partial charge is 0.270 e. The topological polar surface area (TPSA) is 82.8 Å². The first-order valence-electron chi connectivity index (χ1n) is 7.79. The summed E-state index contributed by atoms with van der Waals surface area (Å²) in [5, 5.41) is 10.8. The van der Waals surface area contributed by atoms with E-state index >= 15 is 0 Å². The van der Waals surface area contributed by atoms with Gasteiger partial charge < -0.3 is 14.6 Å². The van der Waals surface area contributed by atoms with Gasteiger partial charge in [0.05, 0.1) is 11.9 Å². The summed E-state index contributed by atoms with van der Waals surface area (Å²) in [6, 6.07) is 3.59. The maximum atomic E-state index is 12.6. The van der Waals surface area contributed by atoms with Crippen molar-refractivity contribution in [3.8, 4) is 0 Å². The summed E-state index contributed by atoms with van der Waals surface area (Å²) in [6.45, 7) is 1.49. The Bertz CT molecular complexity index is 714. The van der Waals surface area contributed by atoms with E-state index in [9.17, 15) is 18.3 Å². The molecule has 0 spiro atoms. The van der Waals surface area contributed by atoms with E-state index in [4.69, 9.17) is 0 Å². The van der Waals surface area contributed by atoms with E-state index in [1.165, 1.54) is 10.6 Å². The number of amides is 1. The lowest BCUT2D eigenvalue weighted by atomic mass is 9.76. The third-order valence-electron chi connectivity index (χ3n) is 5.15. The molecular weight excluding hydrogens is 318 g/mol. The summed E-state index contributed by atoms with van der Waals surface area (Å²) in [7, 11) is -1.46. The van der Waals surface area contributed by atoms with Crippen LogP contribution in [0.25, 0.3) is 0 Å². The van der Waals surface area contributed by atoms with Gasteiger partial charge in [-0.3, -0.25) is 4.79 Å². The average Bonchev–Trinajstić information content (AvgIpc) is 2.90. The quantitative estimate of drug-likeness (QED) is 0.813. The minimum atomic E-state index is -3.28. The van der Waals surface area contributed by atoms with Gasteiger partial charge in [-0.25, -0.2) is 12.7 Å². The molecule has 128 valence electrons. The molecule has 0 aliphatic carbocycles. The van der Waals surface area contributed by atoms with E-state index < -0.39 is 15.6 Å². The summed E-state index contributed by atoms with van der Waals surface area (Å²) in [5.41, 5.74) is -0.266. The second-order valence-corrected chi connectivity index (χ2v) is 8.66. The number of nitrogens with zero attached hydrogens (tertiary/aromatic N) is 3. The van der Waals surface area contributed by atoms with Crippen molar-refractivity contribution in [2.24, 2.45) is 13.0 Å². The molecule has 0 radical (unpaired) electrons. The Balaban J connectivity index is 1.77. The van der Waals surface area contributed by atoms with Crippen LogP contribution in [0.1, 0.15) is 23.3 Å². The Hall–Kier alpha value is -1.38. The Labute approximate surface area is 136 Å². The van der Waals surface area contributed by atoms with Crippen molar-refractivity contribution in [1.29, 1.82) is 0 Å². The molecule has 2 atom stereocenters. The third kappa shape index (κ3) is 3.02. The molecule has 3 heterocycles. The number of fused-ring (bicyclic) bond motifs is 1. The zero-order valence-electron chi connectivity index (χ0n) is 13.5. The first kappa shape index (κ1) is 16.5. The number of aryl methyl sites for hydroxylation is 1. The van der Waals surface area contributed by atoms with E-state index in [2.05, 4.69) is 0 Å². The molecule has 23 heavy (non-hydrogen) atoms. The van der Waals surface area contributed by atoms with Crippen LogP contribution in [0, 0.1) is 5.92 Å². The number of aromatic nitrogens is 1. The van der Waals surface area contributed by atoms with E-state index in [0.717, 1.165) is 0 Å². The van der Waals surface area contributed by atoms with E-state index in [0.29, 0.717) is 38.2 Å². The lowest BCUT2D eigenvalue weighted by molar-refractivity contribution is -0.0947. The van der Waals surface area contributed by atoms with Crippen LogP contribution in [0.2, 0.25) is 0 Å². The van der Waals surface area contributed by atoms with Crippen LogP contribution in [-0.4, -0.2) is 71.2 Å². The lowest BCUT2D eigenvalue weighted by Gasteiger charge is -2.49. The summed E-state index contributed by atoms with van der Waals surface area (Å²) in [6.07, 6.45) is 3.93. The van der Waals surface area contributed by atoms with E-state index in [1.807, 2.05) is 19.3 Å². The first-order chi connectivity index (χ1) is 10.7. The molecule has 1 N–H and O–H groups in total. The fourth-order valence-electron chi connectivity index (χ4n) is 3.60. The zero-order chi connectivity index (χ0) is 16.8. The number of hydrogen-bond acceptors (Lipinski definition) is 4. The molecular formula is C15H23N3O4S. The predicted molar refractivity (Wildman–Crippen MR) is 85.4 cm³/mol. The Morgan fingerprint density at radius 2 is 2.00 bits per heavy atom. The molecule has 0 saturated carbocycles. The van der Waals surface area contributed by atoms with Crippen LogP contribution in [0.5, 0.6) is 0 Å². The molecule has 0 unspecified atom stereocenters. The molecule has 2 saturated heterocycles. The van der Waals surface area contributed by atoms with Crippen molar-refractivity contribution in [1.82, 2.24) is 13.8 Å². The minimum Gasteiger partial charge on any atom is -0.389 e. The van der Waals surface area contributed by atoms with Gasteiger partial charge in [0.2, 0.25) is 10.0 Å². The summed E-state index contributed by atoms with van der Waals surface area (Å²) >= 11 is 0. The average molecular weight is 341 g/mol. The van der Waals surface area contributed by atoms with Gasteiger partial charge in [-0.1, -0.05) is 0 Å². The van der Waals surface area contributed by atoms with Gasteiger partial charge in [0.1, 0.15) is 5.69 Å². The van der Waals surface area contributed by atoms with Crippen molar-refractivity contribution in [2.75, 3.05) is 32.4 Å². The highest BCUT2D eigenvalue weighted by Crippen LogP contribution is 2.36. The summed E-state index contributed by atoms with van der Waals surface area (Å²) < 4.78 is 26.7. The van der Waals surface area contributed by atoms with E-state index in [-0.39, 0.29) is 18.4 Å². The van der Waals surface area contributed by atoms with Crippen LogP contribution < -0.4 is 0 Å². The fraction of sp³-hybridized carbons (Fsp3) is 0.667. The standard InChI is InChI=1S/C15H23N3O4S/c1-16-7-3-4-13(16)14(19)17-8-5-15(20)6-9-18(23(2,21)22)11-12(15)10-17/h3-4,7,12,20H,5-6,8-11H2,1-2H3/t12-,15-/m1/s1. The van der Waals surface area contributed by atoms with Crippen LogP contribution >= 0.6 is 0 Å². The molecule has 7 nitrogen and oxygen atoms in total. The summed E-state index contributed by atoms with van der Waals surface area (Å²) in [4.78, 5) is 14.4. The van der Waals surface area contributed by atoms with Crippen molar-refractivity contribution < 1.29 is 18.3 Å². The number of carbonyl (C=O) groups is 1. The van der Waals surface area contributed by atoms with Crippen molar-refractivity contribution in [3.05, 3.63) is 24.0 Å². The molecule has 3 rings (SSSR count). The maximum absolute atomic E-state index is 12.6. The third-order valence-corrected chi connectivity index (χ3v) is 6.42. The highest BCUT2D eigenvalue weighted by atomic mass is 32.2. The van der Waals surface area contributed by atoms with Gasteiger partial charge in [0.25, 0.3) is 5.91 Å². The number of likely N-dealkylation sites (tertiary alicyclic amines) is 1. The first-order valence-corrected chi connectivity index (χ1v) is 9.64. The number of hydrogen-bond donors (Lipinski definition) is 1. The SMILES string of the molecule is Cn1cccc1C(=O)N1CC[C@@]2(O)CCN(S(C)(=O)=O)C[C@H]2C1. The highest BCUT2D eigenvalue weighted by Gasteiger charge is 2.47. The fourth-order valence-corrected chi connectivity index (χ4v) is 4.48. The number of carbonyl (C=O) groups excluding carboxylic acids is 1. The van der Waals surface area contributed by atoms with Crippen LogP contribution in [-0.2, 0) is 17.1 Å². The van der Waals surface area contributed by atoms with Crippen molar-refractivity contribution >= 4 is 15.9 Å². The molecule has 1 amide bonds. The largest absolute Gasteiger partial charge is 0.389 e. The second-order valence-electron chi connectivity index (χ2n) is 6.68. The molecule has 2 aliphatic rings. The summed E-state index contributed by atoms with van der Waals surface area (Å²) in [5.74, 6) is -0.319. The molecule has 2 aliphatic heterocycles. The van der Waals surface area contributed by atoms with Gasteiger partial charge in [0.15, 0.2) is 0 Å². The molecule has 2 fully saturated rings. The number of piperidine rings is 2. The van der Waals surface area contributed by atoms with Crippen molar-refractivity contribution in [2.45, 2.75) is 18.4 Å². The normalized spacial score (nSPS) is 29.3. The molecule has 0 bridgehead atoms. The van der Waals surface area contributed by atoms with Crippen LogP contribution in [0.15, 0.2) is 18.3 Å². The zero-order valence-corrected chi connectivity index (χ0v) is 14.3. The monoisotopic (exact) mass is 341 g/mol. The molecule has 1 aromatic rings. The van der Waals surface area contributed by atoms with Crippen LogP contribution in [0.4, 0.5) is 0 Å². The van der Waals surface area contributed by atoms with E-state index in [1.54, 1.807) is 15.5 Å². The van der Waals surface area contributed by atoms with Gasteiger partial charge >= 0.3 is 0 Å². The number of aliphatic hydroxyl groups is 1. The van der Waals surface area contributed by atoms with Gasteiger partial charge in [-0.05, 0) is 25.0 Å². The van der Waals surface area contributed by atoms with Gasteiger partial charge in [0, 0.05) is 45.3 Å². The molecule has 8 heteroatoms.